The van der Waals surface area contributed by atoms with E-state index in [-0.39, 0.29) is 0 Å². The van der Waals surface area contributed by atoms with Crippen molar-refractivity contribution in [2.75, 3.05) is 5.32 Å². The molecule has 0 radical (unpaired) electrons. The minimum atomic E-state index is 0.790. The summed E-state index contributed by atoms with van der Waals surface area (Å²) in [4.78, 5) is 0. The molecular formula is C16H20ClN. The average Bonchev–Trinajstić information content (AvgIpc) is 2.40. The maximum Gasteiger partial charge on any atom is 0.0455 e. The van der Waals surface area contributed by atoms with Crippen LogP contribution in [-0.2, 0) is 0 Å². The first-order valence-corrected chi connectivity index (χ1v) is 6.64. The van der Waals surface area contributed by atoms with Crippen molar-refractivity contribution in [1.82, 2.24) is 0 Å². The van der Waals surface area contributed by atoms with Crippen LogP contribution >= 0.6 is 11.6 Å². The van der Waals surface area contributed by atoms with E-state index in [1.54, 1.807) is 0 Å². The first-order chi connectivity index (χ1) is 8.68. The Kier molecular flexibility index (Phi) is 5.73. The summed E-state index contributed by atoms with van der Waals surface area (Å²) >= 11 is 6.08. The first-order valence-electron chi connectivity index (χ1n) is 6.26. The third kappa shape index (κ3) is 3.51. The van der Waals surface area contributed by atoms with Gasteiger partial charge < -0.3 is 5.32 Å². The van der Waals surface area contributed by atoms with Crippen molar-refractivity contribution in [1.29, 1.82) is 0 Å². The van der Waals surface area contributed by atoms with Gasteiger partial charge in [0.25, 0.3) is 0 Å². The molecule has 0 heterocycles. The van der Waals surface area contributed by atoms with Crippen molar-refractivity contribution in [3.05, 3.63) is 58.6 Å². The maximum absolute atomic E-state index is 6.08. The fourth-order valence-electron chi connectivity index (χ4n) is 1.60. The van der Waals surface area contributed by atoms with Crippen molar-refractivity contribution in [2.45, 2.75) is 27.7 Å². The highest BCUT2D eigenvalue weighted by Gasteiger charge is 2.03. The van der Waals surface area contributed by atoms with Crippen LogP contribution in [0.3, 0.4) is 0 Å². The number of nitrogens with one attached hydrogen (secondary N) is 1. The Morgan fingerprint density at radius 2 is 1.44 bits per heavy atom. The second-order valence-corrected chi connectivity index (χ2v) is 4.26. The molecule has 0 aliphatic carbocycles. The van der Waals surface area contributed by atoms with Crippen molar-refractivity contribution in [3.63, 3.8) is 0 Å². The molecular weight excluding hydrogens is 242 g/mol. The standard InChI is InChI=1S/C14H14ClN.C2H6/c1-10-6-3-4-8-13(10)16-14-9-5-7-12(15)11(14)2;1-2/h3-9,16H,1-2H3;1-2H3. The van der Waals surface area contributed by atoms with Crippen LogP contribution in [0.25, 0.3) is 0 Å². The minimum absolute atomic E-state index is 0.790. The van der Waals surface area contributed by atoms with Crippen LogP contribution in [-0.4, -0.2) is 0 Å². The molecule has 0 amide bonds. The summed E-state index contributed by atoms with van der Waals surface area (Å²) in [5.74, 6) is 0. The van der Waals surface area contributed by atoms with Crippen LogP contribution in [0.4, 0.5) is 11.4 Å². The van der Waals surface area contributed by atoms with E-state index in [9.17, 15) is 0 Å². The number of hydrogen-bond acceptors (Lipinski definition) is 1. The van der Waals surface area contributed by atoms with Gasteiger partial charge in [-0.25, -0.2) is 0 Å². The molecule has 0 aromatic heterocycles. The predicted molar refractivity (Wildman–Crippen MR) is 82.0 cm³/mol. The highest BCUT2D eigenvalue weighted by Crippen LogP contribution is 2.27. The second kappa shape index (κ2) is 7.07. The molecule has 0 aliphatic rings. The predicted octanol–water partition coefficient (Wildman–Crippen LogP) is 5.73. The third-order valence-corrected chi connectivity index (χ3v) is 3.09. The van der Waals surface area contributed by atoms with Crippen molar-refractivity contribution in [2.24, 2.45) is 0 Å². The molecule has 0 bridgehead atoms. The molecule has 18 heavy (non-hydrogen) atoms. The molecule has 2 rings (SSSR count). The Labute approximate surface area is 115 Å². The molecule has 2 aromatic carbocycles. The molecule has 1 nitrogen and oxygen atoms in total. The smallest absolute Gasteiger partial charge is 0.0455 e. The molecule has 0 atom stereocenters. The van der Waals surface area contributed by atoms with Gasteiger partial charge in [-0.15, -0.1) is 0 Å². The maximum atomic E-state index is 6.08. The summed E-state index contributed by atoms with van der Waals surface area (Å²) < 4.78 is 0. The van der Waals surface area contributed by atoms with Gasteiger partial charge in [0.05, 0.1) is 0 Å². The van der Waals surface area contributed by atoms with Gasteiger partial charge in [-0.2, -0.15) is 0 Å². The second-order valence-electron chi connectivity index (χ2n) is 3.85. The van der Waals surface area contributed by atoms with Crippen LogP contribution < -0.4 is 5.32 Å². The van der Waals surface area contributed by atoms with Crippen LogP contribution in [0.2, 0.25) is 5.02 Å². The molecule has 0 spiro atoms. The molecule has 0 aliphatic heterocycles. The highest BCUT2D eigenvalue weighted by molar-refractivity contribution is 6.31. The fraction of sp³-hybridized carbons (Fsp3) is 0.250. The van der Waals surface area contributed by atoms with Crippen molar-refractivity contribution >= 4 is 23.0 Å². The van der Waals surface area contributed by atoms with Gasteiger partial charge >= 0.3 is 0 Å². The number of rotatable bonds is 2. The van der Waals surface area contributed by atoms with Crippen molar-refractivity contribution < 1.29 is 0 Å². The van der Waals surface area contributed by atoms with Crippen LogP contribution in [0, 0.1) is 13.8 Å². The van der Waals surface area contributed by atoms with Gasteiger partial charge in [0.15, 0.2) is 0 Å². The fourth-order valence-corrected chi connectivity index (χ4v) is 1.78. The van der Waals surface area contributed by atoms with E-state index in [4.69, 9.17) is 11.6 Å². The lowest BCUT2D eigenvalue weighted by atomic mass is 10.1. The van der Waals surface area contributed by atoms with Gasteiger partial charge in [-0.1, -0.05) is 49.7 Å². The molecule has 1 N–H and O–H groups in total. The summed E-state index contributed by atoms with van der Waals surface area (Å²) in [7, 11) is 0. The van der Waals surface area contributed by atoms with Crippen LogP contribution in [0.15, 0.2) is 42.5 Å². The highest BCUT2D eigenvalue weighted by atomic mass is 35.5. The Bertz CT molecular complexity index is 506. The molecule has 0 saturated heterocycles. The van der Waals surface area contributed by atoms with Gasteiger partial charge in [-0.05, 0) is 43.2 Å². The molecule has 96 valence electrons. The van der Waals surface area contributed by atoms with E-state index in [1.807, 2.05) is 51.1 Å². The number of hydrogen-bond donors (Lipinski definition) is 1. The zero-order valence-electron chi connectivity index (χ0n) is 11.4. The third-order valence-electron chi connectivity index (χ3n) is 2.68. The van der Waals surface area contributed by atoms with Gasteiger partial charge in [0, 0.05) is 16.4 Å². The SMILES string of the molecule is CC.Cc1ccccc1Nc1cccc(Cl)c1C. The van der Waals surface area contributed by atoms with Gasteiger partial charge in [0.1, 0.15) is 0 Å². The van der Waals surface area contributed by atoms with E-state index in [0.29, 0.717) is 0 Å². The summed E-state index contributed by atoms with van der Waals surface area (Å²) in [6.45, 7) is 8.10. The quantitative estimate of drug-likeness (QED) is 0.728. The number of benzene rings is 2. The minimum Gasteiger partial charge on any atom is -0.355 e. The van der Waals surface area contributed by atoms with Gasteiger partial charge in [0.2, 0.25) is 0 Å². The topological polar surface area (TPSA) is 12.0 Å². The summed E-state index contributed by atoms with van der Waals surface area (Å²) in [6.07, 6.45) is 0. The van der Waals surface area contributed by atoms with E-state index in [0.717, 1.165) is 22.0 Å². The lowest BCUT2D eigenvalue weighted by molar-refractivity contribution is 1.39. The summed E-state index contributed by atoms with van der Waals surface area (Å²) in [5, 5.41) is 4.19. The number of halogens is 1. The molecule has 2 aromatic rings. The summed E-state index contributed by atoms with van der Waals surface area (Å²) in [5.41, 5.74) is 4.48. The Morgan fingerprint density at radius 3 is 2.11 bits per heavy atom. The Hall–Kier alpha value is -1.47. The average molecular weight is 262 g/mol. The normalized spacial score (nSPS) is 9.39. The Morgan fingerprint density at radius 1 is 0.833 bits per heavy atom. The van der Waals surface area contributed by atoms with E-state index in [2.05, 4.69) is 24.4 Å². The Balaban J connectivity index is 0.000000771. The lowest BCUT2D eigenvalue weighted by Crippen LogP contribution is -1.95. The molecule has 2 heteroatoms. The number of aryl methyl sites for hydroxylation is 1. The molecule has 0 unspecified atom stereocenters. The van der Waals surface area contributed by atoms with Gasteiger partial charge in [-0.3, -0.25) is 0 Å². The molecule has 0 saturated carbocycles. The lowest BCUT2D eigenvalue weighted by Gasteiger charge is -2.12. The van der Waals surface area contributed by atoms with E-state index in [1.165, 1.54) is 5.56 Å². The zero-order valence-corrected chi connectivity index (χ0v) is 12.2. The largest absolute Gasteiger partial charge is 0.355 e. The van der Waals surface area contributed by atoms with E-state index >= 15 is 0 Å². The number of anilines is 2. The van der Waals surface area contributed by atoms with Crippen LogP contribution in [0.5, 0.6) is 0 Å². The zero-order chi connectivity index (χ0) is 13.5. The molecule has 0 fully saturated rings. The number of para-hydroxylation sites is 1. The first kappa shape index (κ1) is 14.6. The monoisotopic (exact) mass is 261 g/mol. The summed E-state index contributed by atoms with van der Waals surface area (Å²) in [6, 6.07) is 14.1. The van der Waals surface area contributed by atoms with Crippen molar-refractivity contribution in [3.8, 4) is 0 Å². The van der Waals surface area contributed by atoms with E-state index < -0.39 is 0 Å². The van der Waals surface area contributed by atoms with Crippen LogP contribution in [0.1, 0.15) is 25.0 Å².